The standard InChI is InChI=1S/C34H33ClN2O5/c1-2-42-27-9-7-8-24(22-27)18-20-37(21-19-32(38)39)34(41)31-13-6-4-11-29(31)28-10-3-5-12-30(28)33(40)36-23-25-14-16-26(35)17-15-25/h3-17,22H,2,18-21,23H2,1H3,(H,36,40)(H,38,39). The zero-order valence-electron chi connectivity index (χ0n) is 23.4. The van der Waals surface area contributed by atoms with Crippen LogP contribution < -0.4 is 10.1 Å². The van der Waals surface area contributed by atoms with Crippen LogP contribution in [0.25, 0.3) is 11.1 Å². The first-order valence-corrected chi connectivity index (χ1v) is 14.2. The van der Waals surface area contributed by atoms with E-state index in [9.17, 15) is 19.5 Å². The molecule has 0 heterocycles. The Morgan fingerprint density at radius 1 is 0.810 bits per heavy atom. The van der Waals surface area contributed by atoms with E-state index in [0.29, 0.717) is 53.4 Å². The Morgan fingerprint density at radius 3 is 2.17 bits per heavy atom. The fourth-order valence-electron chi connectivity index (χ4n) is 4.64. The van der Waals surface area contributed by atoms with Crippen molar-refractivity contribution in [2.45, 2.75) is 26.3 Å². The molecule has 0 unspecified atom stereocenters. The summed E-state index contributed by atoms with van der Waals surface area (Å²) in [5.41, 5.74) is 3.91. The molecule has 0 spiro atoms. The number of ether oxygens (including phenoxy) is 1. The highest BCUT2D eigenvalue weighted by Crippen LogP contribution is 2.29. The third-order valence-corrected chi connectivity index (χ3v) is 7.00. The number of nitrogens with one attached hydrogen (secondary N) is 1. The summed E-state index contributed by atoms with van der Waals surface area (Å²) in [6.45, 7) is 3.15. The van der Waals surface area contributed by atoms with Gasteiger partial charge in [-0.1, -0.05) is 72.3 Å². The molecule has 4 aromatic rings. The Balaban J connectivity index is 1.59. The molecule has 4 aromatic carbocycles. The Bertz CT molecular complexity index is 1540. The lowest BCUT2D eigenvalue weighted by atomic mass is 9.94. The molecule has 0 saturated carbocycles. The van der Waals surface area contributed by atoms with Gasteiger partial charge in [-0.15, -0.1) is 0 Å². The van der Waals surface area contributed by atoms with Crippen molar-refractivity contribution in [3.8, 4) is 16.9 Å². The van der Waals surface area contributed by atoms with E-state index in [4.69, 9.17) is 16.3 Å². The van der Waals surface area contributed by atoms with Crippen LogP contribution in [0.15, 0.2) is 97.1 Å². The van der Waals surface area contributed by atoms with Gasteiger partial charge in [-0.25, -0.2) is 0 Å². The largest absolute Gasteiger partial charge is 0.494 e. The van der Waals surface area contributed by atoms with Crippen molar-refractivity contribution in [1.82, 2.24) is 10.2 Å². The summed E-state index contributed by atoms with van der Waals surface area (Å²) in [6.07, 6.45) is 0.342. The molecule has 4 rings (SSSR count). The zero-order valence-corrected chi connectivity index (χ0v) is 24.1. The molecular formula is C34H33ClN2O5. The van der Waals surface area contributed by atoms with Crippen molar-refractivity contribution in [3.05, 3.63) is 124 Å². The lowest BCUT2D eigenvalue weighted by Crippen LogP contribution is -2.35. The molecule has 0 fully saturated rings. The average molecular weight is 585 g/mol. The highest BCUT2D eigenvalue weighted by Gasteiger charge is 2.22. The van der Waals surface area contributed by atoms with Crippen LogP contribution in [0.1, 0.15) is 45.2 Å². The van der Waals surface area contributed by atoms with Crippen LogP contribution >= 0.6 is 11.6 Å². The van der Waals surface area contributed by atoms with Gasteiger partial charge < -0.3 is 20.1 Å². The van der Waals surface area contributed by atoms with E-state index in [2.05, 4.69) is 5.32 Å². The maximum Gasteiger partial charge on any atom is 0.305 e. The van der Waals surface area contributed by atoms with Crippen LogP contribution in [0.2, 0.25) is 5.02 Å². The molecule has 7 nitrogen and oxygen atoms in total. The summed E-state index contributed by atoms with van der Waals surface area (Å²) in [4.78, 5) is 40.3. The first-order chi connectivity index (χ1) is 20.4. The van der Waals surface area contributed by atoms with E-state index in [0.717, 1.165) is 16.9 Å². The molecule has 0 aliphatic carbocycles. The smallest absolute Gasteiger partial charge is 0.305 e. The number of carbonyl (C=O) groups excluding carboxylic acids is 2. The molecule has 42 heavy (non-hydrogen) atoms. The van der Waals surface area contributed by atoms with Gasteiger partial charge >= 0.3 is 5.97 Å². The van der Waals surface area contributed by atoms with Crippen LogP contribution in [0, 0.1) is 0 Å². The number of rotatable bonds is 13. The van der Waals surface area contributed by atoms with Crippen LogP contribution in [0.4, 0.5) is 0 Å². The number of benzene rings is 4. The predicted molar refractivity (Wildman–Crippen MR) is 164 cm³/mol. The van der Waals surface area contributed by atoms with Crippen molar-refractivity contribution >= 4 is 29.4 Å². The SMILES string of the molecule is CCOc1cccc(CCN(CCC(=O)O)C(=O)c2ccccc2-c2ccccc2C(=O)NCc2ccc(Cl)cc2)c1. The Kier molecular flexibility index (Phi) is 10.7. The number of carbonyl (C=O) groups is 3. The van der Waals surface area contributed by atoms with E-state index in [-0.39, 0.29) is 24.8 Å². The first-order valence-electron chi connectivity index (χ1n) is 13.8. The molecule has 216 valence electrons. The van der Waals surface area contributed by atoms with Crippen LogP contribution in [0.3, 0.4) is 0 Å². The number of hydrogen-bond donors (Lipinski definition) is 2. The summed E-state index contributed by atoms with van der Waals surface area (Å²) in [6, 6.07) is 29.1. The normalized spacial score (nSPS) is 10.6. The maximum atomic E-state index is 14.0. The molecule has 0 saturated heterocycles. The number of hydrogen-bond acceptors (Lipinski definition) is 4. The predicted octanol–water partition coefficient (Wildman–Crippen LogP) is 6.50. The molecular weight excluding hydrogens is 552 g/mol. The van der Waals surface area contributed by atoms with Crippen molar-refractivity contribution in [1.29, 1.82) is 0 Å². The second-order valence-corrected chi connectivity index (χ2v) is 10.1. The van der Waals surface area contributed by atoms with Crippen molar-refractivity contribution in [2.75, 3.05) is 19.7 Å². The van der Waals surface area contributed by atoms with E-state index >= 15 is 0 Å². The highest BCUT2D eigenvalue weighted by molar-refractivity contribution is 6.30. The summed E-state index contributed by atoms with van der Waals surface area (Å²) in [5, 5.41) is 12.9. The number of aliphatic carboxylic acids is 1. The fraction of sp³-hybridized carbons (Fsp3) is 0.206. The summed E-state index contributed by atoms with van der Waals surface area (Å²) in [7, 11) is 0. The maximum absolute atomic E-state index is 14.0. The topological polar surface area (TPSA) is 95.9 Å². The van der Waals surface area contributed by atoms with E-state index < -0.39 is 5.97 Å². The monoisotopic (exact) mass is 584 g/mol. The molecule has 0 radical (unpaired) electrons. The first kappa shape index (κ1) is 30.3. The second kappa shape index (κ2) is 14.8. The minimum absolute atomic E-state index is 0.0525. The van der Waals surface area contributed by atoms with E-state index in [1.807, 2.05) is 61.5 Å². The van der Waals surface area contributed by atoms with Crippen molar-refractivity contribution in [2.24, 2.45) is 0 Å². The number of amides is 2. The van der Waals surface area contributed by atoms with Crippen molar-refractivity contribution < 1.29 is 24.2 Å². The summed E-state index contributed by atoms with van der Waals surface area (Å²) in [5.74, 6) is -0.819. The third-order valence-electron chi connectivity index (χ3n) is 6.75. The van der Waals surface area contributed by atoms with Gasteiger partial charge in [0, 0.05) is 35.8 Å². The lowest BCUT2D eigenvalue weighted by molar-refractivity contribution is -0.137. The van der Waals surface area contributed by atoms with Gasteiger partial charge in [0.05, 0.1) is 13.0 Å². The van der Waals surface area contributed by atoms with Crippen LogP contribution in [-0.2, 0) is 17.8 Å². The highest BCUT2D eigenvalue weighted by atomic mass is 35.5. The van der Waals surface area contributed by atoms with Gasteiger partial charge in [0.1, 0.15) is 5.75 Å². The number of nitrogens with zero attached hydrogens (tertiary/aromatic N) is 1. The molecule has 0 aliphatic rings. The van der Waals surface area contributed by atoms with Gasteiger partial charge in [-0.3, -0.25) is 14.4 Å². The van der Waals surface area contributed by atoms with Crippen LogP contribution in [-0.4, -0.2) is 47.5 Å². The van der Waals surface area contributed by atoms with Crippen molar-refractivity contribution in [3.63, 3.8) is 0 Å². The molecule has 2 amide bonds. The van der Waals surface area contributed by atoms with E-state index in [1.165, 1.54) is 0 Å². The molecule has 0 atom stereocenters. The van der Waals surface area contributed by atoms with Gasteiger partial charge in [-0.05, 0) is 72.0 Å². The van der Waals surface area contributed by atoms with E-state index in [1.54, 1.807) is 47.4 Å². The molecule has 0 bridgehead atoms. The zero-order chi connectivity index (χ0) is 29.9. The minimum atomic E-state index is -0.984. The van der Waals surface area contributed by atoms with Crippen LogP contribution in [0.5, 0.6) is 5.75 Å². The summed E-state index contributed by atoms with van der Waals surface area (Å²) < 4.78 is 5.60. The Morgan fingerprint density at radius 2 is 1.48 bits per heavy atom. The quantitative estimate of drug-likeness (QED) is 0.187. The van der Waals surface area contributed by atoms with Gasteiger partial charge in [0.25, 0.3) is 11.8 Å². The third kappa shape index (κ3) is 8.21. The molecule has 0 aliphatic heterocycles. The molecule has 8 heteroatoms. The van der Waals surface area contributed by atoms with Gasteiger partial charge in [-0.2, -0.15) is 0 Å². The second-order valence-electron chi connectivity index (χ2n) is 9.67. The Labute approximate surface area is 250 Å². The summed E-state index contributed by atoms with van der Waals surface area (Å²) >= 11 is 5.97. The average Bonchev–Trinajstić information content (AvgIpc) is 3.00. The number of carboxylic acid groups (broad SMARTS) is 1. The molecule has 2 N–H and O–H groups in total. The Hall–Kier alpha value is -4.62. The fourth-order valence-corrected chi connectivity index (χ4v) is 4.76. The molecule has 0 aromatic heterocycles. The van der Waals surface area contributed by atoms with Gasteiger partial charge in [0.15, 0.2) is 0 Å². The van der Waals surface area contributed by atoms with Gasteiger partial charge in [0.2, 0.25) is 0 Å². The lowest BCUT2D eigenvalue weighted by Gasteiger charge is -2.24. The number of carboxylic acids is 1. The minimum Gasteiger partial charge on any atom is -0.494 e. The number of halogens is 1.